The molecule has 1 atom stereocenters. The normalized spacial score (nSPS) is 12.7. The van der Waals surface area contributed by atoms with E-state index in [1.807, 2.05) is 45.3 Å². The number of nitrogens with zero attached hydrogens (tertiary/aromatic N) is 3. The molecule has 0 radical (unpaired) electrons. The molecule has 0 saturated carbocycles. The molecular weight excluding hydrogens is 274 g/mol. The van der Waals surface area contributed by atoms with Crippen molar-refractivity contribution in [3.8, 4) is 10.7 Å². The van der Waals surface area contributed by atoms with Crippen LogP contribution in [0.2, 0.25) is 0 Å². The number of aryl methyl sites for hydroxylation is 1. The van der Waals surface area contributed by atoms with Crippen molar-refractivity contribution in [3.05, 3.63) is 23.3 Å². The predicted octanol–water partition coefficient (Wildman–Crippen LogP) is 2.85. The third-order valence-electron chi connectivity index (χ3n) is 3.02. The summed E-state index contributed by atoms with van der Waals surface area (Å²) in [5.41, 5.74) is 0. The second-order valence-electron chi connectivity index (χ2n) is 4.87. The Morgan fingerprint density at radius 3 is 2.80 bits per heavy atom. The molecule has 2 aromatic heterocycles. The minimum atomic E-state index is -0.388. The van der Waals surface area contributed by atoms with Crippen LogP contribution in [0.15, 0.2) is 17.5 Å². The maximum absolute atomic E-state index is 12.1. The molecule has 1 unspecified atom stereocenters. The van der Waals surface area contributed by atoms with Crippen molar-refractivity contribution < 1.29 is 9.53 Å². The number of esters is 1. The van der Waals surface area contributed by atoms with E-state index in [0.29, 0.717) is 18.3 Å². The van der Waals surface area contributed by atoms with E-state index in [1.54, 1.807) is 16.0 Å². The molecule has 2 heterocycles. The SMILES string of the molecule is CCOC(=O)C(c1nc(-c2cccs2)nn1C)C(C)C. The zero-order chi connectivity index (χ0) is 14.7. The Hall–Kier alpha value is -1.69. The van der Waals surface area contributed by atoms with Gasteiger partial charge in [-0.2, -0.15) is 5.10 Å². The first-order chi connectivity index (χ1) is 9.54. The van der Waals surface area contributed by atoms with Crippen molar-refractivity contribution in [1.29, 1.82) is 0 Å². The predicted molar refractivity (Wildman–Crippen MR) is 78.5 cm³/mol. The van der Waals surface area contributed by atoms with Gasteiger partial charge in [-0.05, 0) is 24.3 Å². The molecule has 0 spiro atoms. The number of rotatable bonds is 5. The van der Waals surface area contributed by atoms with E-state index in [-0.39, 0.29) is 17.8 Å². The van der Waals surface area contributed by atoms with Gasteiger partial charge in [0.05, 0.1) is 11.5 Å². The third kappa shape index (κ3) is 2.90. The number of hydrogen-bond donors (Lipinski definition) is 0. The number of ether oxygens (including phenoxy) is 1. The Morgan fingerprint density at radius 2 is 2.25 bits per heavy atom. The topological polar surface area (TPSA) is 57.0 Å². The Labute approximate surface area is 122 Å². The van der Waals surface area contributed by atoms with Gasteiger partial charge in [-0.3, -0.25) is 9.48 Å². The van der Waals surface area contributed by atoms with Crippen LogP contribution in [-0.4, -0.2) is 27.3 Å². The maximum Gasteiger partial charge on any atom is 0.316 e. The summed E-state index contributed by atoms with van der Waals surface area (Å²) in [6.45, 7) is 6.16. The fourth-order valence-corrected chi connectivity index (χ4v) is 2.74. The van der Waals surface area contributed by atoms with Gasteiger partial charge in [0.15, 0.2) is 5.82 Å². The van der Waals surface area contributed by atoms with Crippen molar-refractivity contribution in [2.75, 3.05) is 6.61 Å². The highest BCUT2D eigenvalue weighted by Crippen LogP contribution is 2.28. The van der Waals surface area contributed by atoms with Gasteiger partial charge in [0, 0.05) is 7.05 Å². The molecule has 0 aromatic carbocycles. The van der Waals surface area contributed by atoms with E-state index in [4.69, 9.17) is 4.74 Å². The minimum Gasteiger partial charge on any atom is -0.465 e. The van der Waals surface area contributed by atoms with E-state index in [1.165, 1.54) is 0 Å². The molecule has 0 amide bonds. The number of aromatic nitrogens is 3. The molecule has 20 heavy (non-hydrogen) atoms. The molecule has 0 aliphatic heterocycles. The largest absolute Gasteiger partial charge is 0.465 e. The Bertz CT molecular complexity index is 575. The first-order valence-corrected chi connectivity index (χ1v) is 7.54. The van der Waals surface area contributed by atoms with Crippen LogP contribution >= 0.6 is 11.3 Å². The van der Waals surface area contributed by atoms with E-state index in [9.17, 15) is 4.79 Å². The molecule has 6 heteroatoms. The summed E-state index contributed by atoms with van der Waals surface area (Å²) < 4.78 is 6.83. The van der Waals surface area contributed by atoms with E-state index in [0.717, 1.165) is 4.88 Å². The standard InChI is InChI=1S/C14H19N3O2S/c1-5-19-14(18)11(9(2)3)13-15-12(16-17(13)4)10-7-6-8-20-10/h6-9,11H,5H2,1-4H3. The molecule has 0 aliphatic rings. The average Bonchev–Trinajstić information content (AvgIpc) is 3.00. The average molecular weight is 293 g/mol. The lowest BCUT2D eigenvalue weighted by molar-refractivity contribution is -0.146. The van der Waals surface area contributed by atoms with Crippen LogP contribution < -0.4 is 0 Å². The molecule has 0 N–H and O–H groups in total. The first-order valence-electron chi connectivity index (χ1n) is 6.66. The summed E-state index contributed by atoms with van der Waals surface area (Å²) in [6.07, 6.45) is 0. The molecule has 5 nitrogen and oxygen atoms in total. The van der Waals surface area contributed by atoms with Gasteiger partial charge >= 0.3 is 5.97 Å². The minimum absolute atomic E-state index is 0.105. The van der Waals surface area contributed by atoms with Crippen LogP contribution in [0.1, 0.15) is 32.5 Å². The summed E-state index contributed by atoms with van der Waals surface area (Å²) in [5.74, 6) is 0.791. The van der Waals surface area contributed by atoms with Crippen molar-refractivity contribution >= 4 is 17.3 Å². The number of hydrogen-bond acceptors (Lipinski definition) is 5. The van der Waals surface area contributed by atoms with Crippen molar-refractivity contribution in [2.45, 2.75) is 26.7 Å². The quantitative estimate of drug-likeness (QED) is 0.795. The Kier molecular flexibility index (Phi) is 4.54. The molecular formula is C14H19N3O2S. The summed E-state index contributed by atoms with van der Waals surface area (Å²) in [5, 5.41) is 6.39. The third-order valence-corrected chi connectivity index (χ3v) is 3.89. The zero-order valence-corrected chi connectivity index (χ0v) is 13.0. The number of thiophene rings is 1. The molecule has 108 valence electrons. The summed E-state index contributed by atoms with van der Waals surface area (Å²) in [6, 6.07) is 3.93. The molecule has 0 aliphatic carbocycles. The highest BCUT2D eigenvalue weighted by molar-refractivity contribution is 7.13. The van der Waals surface area contributed by atoms with Crippen LogP contribution in [0.4, 0.5) is 0 Å². The van der Waals surface area contributed by atoms with Gasteiger partial charge < -0.3 is 4.74 Å². The summed E-state index contributed by atoms with van der Waals surface area (Å²) in [4.78, 5) is 17.7. The highest BCUT2D eigenvalue weighted by atomic mass is 32.1. The lowest BCUT2D eigenvalue weighted by atomic mass is 9.95. The summed E-state index contributed by atoms with van der Waals surface area (Å²) in [7, 11) is 1.81. The van der Waals surface area contributed by atoms with E-state index < -0.39 is 0 Å². The van der Waals surface area contributed by atoms with Crippen LogP contribution in [0, 0.1) is 5.92 Å². The molecule has 0 saturated heterocycles. The van der Waals surface area contributed by atoms with E-state index >= 15 is 0 Å². The second-order valence-corrected chi connectivity index (χ2v) is 5.82. The van der Waals surface area contributed by atoms with Gasteiger partial charge in [-0.25, -0.2) is 4.98 Å². The van der Waals surface area contributed by atoms with Crippen molar-refractivity contribution in [3.63, 3.8) is 0 Å². The Balaban J connectivity index is 2.37. The van der Waals surface area contributed by atoms with Crippen LogP contribution in [0.3, 0.4) is 0 Å². The van der Waals surface area contributed by atoms with E-state index in [2.05, 4.69) is 10.1 Å². The van der Waals surface area contributed by atoms with Crippen molar-refractivity contribution in [2.24, 2.45) is 13.0 Å². The smallest absolute Gasteiger partial charge is 0.316 e. The molecule has 0 bridgehead atoms. The van der Waals surface area contributed by atoms with Gasteiger partial charge in [0.2, 0.25) is 0 Å². The molecule has 2 rings (SSSR count). The van der Waals surface area contributed by atoms with Crippen LogP contribution in [-0.2, 0) is 16.6 Å². The second kappa shape index (κ2) is 6.17. The molecule has 2 aromatic rings. The lowest BCUT2D eigenvalue weighted by Crippen LogP contribution is -2.24. The highest BCUT2D eigenvalue weighted by Gasteiger charge is 2.30. The number of carbonyl (C=O) groups excluding carboxylic acids is 1. The monoisotopic (exact) mass is 293 g/mol. The fourth-order valence-electron chi connectivity index (χ4n) is 2.09. The molecule has 0 fully saturated rings. The summed E-state index contributed by atoms with van der Waals surface area (Å²) >= 11 is 1.58. The van der Waals surface area contributed by atoms with Gasteiger partial charge in [0.1, 0.15) is 11.7 Å². The van der Waals surface area contributed by atoms with Gasteiger partial charge in [0.25, 0.3) is 0 Å². The van der Waals surface area contributed by atoms with Gasteiger partial charge in [-0.1, -0.05) is 19.9 Å². The zero-order valence-electron chi connectivity index (χ0n) is 12.2. The fraction of sp³-hybridized carbons (Fsp3) is 0.500. The van der Waals surface area contributed by atoms with Crippen LogP contribution in [0.25, 0.3) is 10.7 Å². The lowest BCUT2D eigenvalue weighted by Gasteiger charge is -2.17. The number of carbonyl (C=O) groups is 1. The van der Waals surface area contributed by atoms with Crippen LogP contribution in [0.5, 0.6) is 0 Å². The Morgan fingerprint density at radius 1 is 1.50 bits per heavy atom. The van der Waals surface area contributed by atoms with Crippen molar-refractivity contribution in [1.82, 2.24) is 14.8 Å². The van der Waals surface area contributed by atoms with Gasteiger partial charge in [-0.15, -0.1) is 11.3 Å². The maximum atomic E-state index is 12.1. The first kappa shape index (κ1) is 14.7.